The minimum Gasteiger partial charge on any atom is -0.489 e. The van der Waals surface area contributed by atoms with E-state index in [4.69, 9.17) is 9.47 Å². The standard InChI is InChI=1S/C19H19FO2/c1-13-10-16(21-12-14-4-6-15(20)7-5-14)11-18-17(13)8-9-19(2,3)22-18/h4-11H,12H2,1-3H3. The molecule has 0 bridgehead atoms. The lowest BCUT2D eigenvalue weighted by atomic mass is 9.99. The summed E-state index contributed by atoms with van der Waals surface area (Å²) in [5, 5.41) is 0. The van der Waals surface area contributed by atoms with Crippen molar-refractivity contribution in [2.24, 2.45) is 0 Å². The van der Waals surface area contributed by atoms with E-state index in [1.165, 1.54) is 12.1 Å². The van der Waals surface area contributed by atoms with Crippen LogP contribution in [0.4, 0.5) is 4.39 Å². The van der Waals surface area contributed by atoms with Gasteiger partial charge in [-0.05, 0) is 56.2 Å². The number of rotatable bonds is 3. The van der Waals surface area contributed by atoms with E-state index in [0.29, 0.717) is 6.61 Å². The summed E-state index contributed by atoms with van der Waals surface area (Å²) in [5.41, 5.74) is 2.82. The molecule has 3 heteroatoms. The van der Waals surface area contributed by atoms with E-state index in [1.54, 1.807) is 12.1 Å². The Balaban J connectivity index is 1.79. The fraction of sp³-hybridized carbons (Fsp3) is 0.263. The van der Waals surface area contributed by atoms with E-state index < -0.39 is 0 Å². The number of hydrogen-bond acceptors (Lipinski definition) is 2. The Morgan fingerprint density at radius 3 is 2.59 bits per heavy atom. The maximum atomic E-state index is 12.9. The van der Waals surface area contributed by atoms with Crippen LogP contribution < -0.4 is 9.47 Å². The number of halogens is 1. The molecule has 0 saturated carbocycles. The minimum atomic E-state index is -0.310. The highest BCUT2D eigenvalue weighted by molar-refractivity contribution is 5.66. The van der Waals surface area contributed by atoms with Gasteiger partial charge in [-0.25, -0.2) is 4.39 Å². The van der Waals surface area contributed by atoms with Gasteiger partial charge in [-0.15, -0.1) is 0 Å². The van der Waals surface area contributed by atoms with E-state index in [1.807, 2.05) is 32.9 Å². The van der Waals surface area contributed by atoms with Crippen LogP contribution in [-0.4, -0.2) is 5.60 Å². The third-order valence-electron chi connectivity index (χ3n) is 3.67. The summed E-state index contributed by atoms with van der Waals surface area (Å²) in [4.78, 5) is 0. The molecule has 0 aliphatic carbocycles. The monoisotopic (exact) mass is 298 g/mol. The van der Waals surface area contributed by atoms with Crippen molar-refractivity contribution in [2.45, 2.75) is 33.0 Å². The SMILES string of the molecule is Cc1cc(OCc2ccc(F)cc2)cc2c1C=CC(C)(C)O2. The summed E-state index contributed by atoms with van der Waals surface area (Å²) in [6.45, 7) is 6.48. The molecule has 2 nitrogen and oxygen atoms in total. The Morgan fingerprint density at radius 2 is 1.86 bits per heavy atom. The van der Waals surface area contributed by atoms with Gasteiger partial charge in [0.2, 0.25) is 0 Å². The zero-order chi connectivity index (χ0) is 15.7. The molecule has 1 heterocycles. The van der Waals surface area contributed by atoms with E-state index in [-0.39, 0.29) is 11.4 Å². The maximum Gasteiger partial charge on any atom is 0.131 e. The predicted octanol–water partition coefficient (Wildman–Crippen LogP) is 4.90. The fourth-order valence-corrected chi connectivity index (χ4v) is 2.46. The third kappa shape index (κ3) is 3.14. The van der Waals surface area contributed by atoms with Crippen molar-refractivity contribution in [1.29, 1.82) is 0 Å². The molecule has 0 unspecified atom stereocenters. The highest BCUT2D eigenvalue weighted by Crippen LogP contribution is 2.36. The summed E-state index contributed by atoms with van der Waals surface area (Å²) < 4.78 is 24.7. The number of fused-ring (bicyclic) bond motifs is 1. The van der Waals surface area contributed by atoms with Crippen LogP contribution in [0.5, 0.6) is 11.5 Å². The zero-order valence-electron chi connectivity index (χ0n) is 13.0. The van der Waals surface area contributed by atoms with E-state index in [0.717, 1.165) is 28.2 Å². The molecule has 0 amide bonds. The van der Waals surface area contributed by atoms with Gasteiger partial charge >= 0.3 is 0 Å². The van der Waals surface area contributed by atoms with Crippen molar-refractivity contribution < 1.29 is 13.9 Å². The Hall–Kier alpha value is -2.29. The van der Waals surface area contributed by atoms with Gasteiger partial charge in [0, 0.05) is 11.6 Å². The molecule has 0 aromatic heterocycles. The molecule has 1 aliphatic heterocycles. The Morgan fingerprint density at radius 1 is 1.14 bits per heavy atom. The molecular formula is C19H19FO2. The molecule has 0 N–H and O–H groups in total. The first-order valence-corrected chi connectivity index (χ1v) is 7.33. The van der Waals surface area contributed by atoms with E-state index >= 15 is 0 Å². The minimum absolute atomic E-state index is 0.240. The molecule has 0 radical (unpaired) electrons. The first-order valence-electron chi connectivity index (χ1n) is 7.33. The van der Waals surface area contributed by atoms with Crippen LogP contribution in [0.2, 0.25) is 0 Å². The van der Waals surface area contributed by atoms with Crippen LogP contribution in [0, 0.1) is 12.7 Å². The van der Waals surface area contributed by atoms with E-state index in [2.05, 4.69) is 12.2 Å². The first-order chi connectivity index (χ1) is 10.4. The Kier molecular flexibility index (Phi) is 3.65. The summed E-state index contributed by atoms with van der Waals surface area (Å²) in [6, 6.07) is 10.2. The molecule has 2 aromatic rings. The van der Waals surface area contributed by atoms with Crippen molar-refractivity contribution in [3.8, 4) is 11.5 Å². The molecule has 0 fully saturated rings. The van der Waals surface area contributed by atoms with Crippen LogP contribution in [-0.2, 0) is 6.61 Å². The lowest BCUT2D eigenvalue weighted by Crippen LogP contribution is -2.27. The second kappa shape index (κ2) is 5.48. The van der Waals surface area contributed by atoms with Gasteiger partial charge < -0.3 is 9.47 Å². The number of benzene rings is 2. The van der Waals surface area contributed by atoms with Crippen LogP contribution in [0.3, 0.4) is 0 Å². The molecule has 0 spiro atoms. The second-order valence-corrected chi connectivity index (χ2v) is 6.11. The predicted molar refractivity (Wildman–Crippen MR) is 85.7 cm³/mol. The average Bonchev–Trinajstić information content (AvgIpc) is 2.45. The van der Waals surface area contributed by atoms with Gasteiger partial charge in [-0.3, -0.25) is 0 Å². The fourth-order valence-electron chi connectivity index (χ4n) is 2.46. The van der Waals surface area contributed by atoms with Crippen LogP contribution in [0.25, 0.3) is 6.08 Å². The molecule has 0 saturated heterocycles. The van der Waals surface area contributed by atoms with Crippen molar-refractivity contribution in [3.05, 3.63) is 65.0 Å². The van der Waals surface area contributed by atoms with Gasteiger partial charge in [-0.2, -0.15) is 0 Å². The topological polar surface area (TPSA) is 18.5 Å². The summed E-state index contributed by atoms with van der Waals surface area (Å²) in [7, 11) is 0. The highest BCUT2D eigenvalue weighted by atomic mass is 19.1. The molecule has 3 rings (SSSR count). The van der Waals surface area contributed by atoms with E-state index in [9.17, 15) is 4.39 Å². The normalized spacial score (nSPS) is 15.1. The summed E-state index contributed by atoms with van der Waals surface area (Å²) in [6.07, 6.45) is 4.15. The average molecular weight is 298 g/mol. The number of hydrogen-bond donors (Lipinski definition) is 0. The molecule has 0 atom stereocenters. The molecule has 22 heavy (non-hydrogen) atoms. The first kappa shape index (κ1) is 14.6. The lowest BCUT2D eigenvalue weighted by molar-refractivity contribution is 0.158. The van der Waals surface area contributed by atoms with Crippen LogP contribution >= 0.6 is 0 Å². The van der Waals surface area contributed by atoms with Gasteiger partial charge in [0.1, 0.15) is 29.5 Å². The van der Waals surface area contributed by atoms with Crippen molar-refractivity contribution in [1.82, 2.24) is 0 Å². The Bertz CT molecular complexity index is 715. The molecule has 2 aromatic carbocycles. The molecule has 1 aliphatic rings. The number of ether oxygens (including phenoxy) is 2. The van der Waals surface area contributed by atoms with Gasteiger partial charge in [0.25, 0.3) is 0 Å². The van der Waals surface area contributed by atoms with Crippen molar-refractivity contribution in [3.63, 3.8) is 0 Å². The van der Waals surface area contributed by atoms with Crippen molar-refractivity contribution >= 4 is 6.08 Å². The van der Waals surface area contributed by atoms with Crippen LogP contribution in [0.1, 0.15) is 30.5 Å². The van der Waals surface area contributed by atoms with Crippen LogP contribution in [0.15, 0.2) is 42.5 Å². The van der Waals surface area contributed by atoms with Gasteiger partial charge in [-0.1, -0.05) is 18.2 Å². The molecule has 114 valence electrons. The summed E-state index contributed by atoms with van der Waals surface area (Å²) >= 11 is 0. The highest BCUT2D eigenvalue weighted by Gasteiger charge is 2.23. The maximum absolute atomic E-state index is 12.9. The zero-order valence-corrected chi connectivity index (χ0v) is 13.0. The van der Waals surface area contributed by atoms with Crippen molar-refractivity contribution in [2.75, 3.05) is 0 Å². The second-order valence-electron chi connectivity index (χ2n) is 6.11. The number of aryl methyl sites for hydroxylation is 1. The smallest absolute Gasteiger partial charge is 0.131 e. The third-order valence-corrected chi connectivity index (χ3v) is 3.67. The Labute approximate surface area is 130 Å². The largest absolute Gasteiger partial charge is 0.489 e. The van der Waals surface area contributed by atoms with Gasteiger partial charge in [0.15, 0.2) is 0 Å². The lowest BCUT2D eigenvalue weighted by Gasteiger charge is -2.29. The quantitative estimate of drug-likeness (QED) is 0.802. The summed E-state index contributed by atoms with van der Waals surface area (Å²) in [5.74, 6) is 1.35. The van der Waals surface area contributed by atoms with Gasteiger partial charge in [0.05, 0.1) is 0 Å². The molecular weight excluding hydrogens is 279 g/mol.